The lowest BCUT2D eigenvalue weighted by molar-refractivity contribution is 0.0759. The van der Waals surface area contributed by atoms with Gasteiger partial charge in [-0.2, -0.15) is 0 Å². The van der Waals surface area contributed by atoms with Gasteiger partial charge in [0.1, 0.15) is 16.8 Å². The number of nitrogens with one attached hydrogen (secondary N) is 1. The Kier molecular flexibility index (Phi) is 7.80. The minimum atomic E-state index is -0.540. The van der Waals surface area contributed by atoms with Crippen molar-refractivity contribution in [2.24, 2.45) is 0 Å². The maximum Gasteiger partial charge on any atom is 0.259 e. The first-order valence-electron chi connectivity index (χ1n) is 12.3. The number of aromatic nitrogens is 2. The van der Waals surface area contributed by atoms with E-state index < -0.39 is 11.3 Å². The van der Waals surface area contributed by atoms with Crippen LogP contribution in [0.1, 0.15) is 78.4 Å². The first-order chi connectivity index (χ1) is 17.0. The van der Waals surface area contributed by atoms with E-state index in [9.17, 15) is 14.4 Å². The van der Waals surface area contributed by atoms with E-state index in [0.717, 1.165) is 37.7 Å². The Morgan fingerprint density at radius 2 is 1.74 bits per heavy atom. The minimum Gasteiger partial charge on any atom is -0.356 e. The van der Waals surface area contributed by atoms with Gasteiger partial charge in [0.25, 0.3) is 11.8 Å². The lowest BCUT2D eigenvalue weighted by atomic mass is 10.1. The molecule has 1 aromatic carbocycles. The molecule has 0 unspecified atom stereocenters. The molecule has 1 saturated heterocycles. The van der Waals surface area contributed by atoms with Crippen molar-refractivity contribution < 1.29 is 14.1 Å². The topological polar surface area (TPSA) is 97.4 Å². The molecule has 0 saturated carbocycles. The third kappa shape index (κ3) is 5.70. The van der Waals surface area contributed by atoms with Crippen molar-refractivity contribution in [1.29, 1.82) is 0 Å². The fourth-order valence-electron chi connectivity index (χ4n) is 4.22. The van der Waals surface area contributed by atoms with E-state index in [1.165, 1.54) is 0 Å². The third-order valence-corrected chi connectivity index (χ3v) is 6.56. The van der Waals surface area contributed by atoms with Crippen molar-refractivity contribution in [2.45, 2.75) is 58.5 Å². The van der Waals surface area contributed by atoms with Crippen molar-refractivity contribution in [3.63, 3.8) is 0 Å². The Balaban J connectivity index is 1.56. The molecule has 35 heavy (non-hydrogen) atoms. The van der Waals surface area contributed by atoms with Crippen LogP contribution in [0.5, 0.6) is 0 Å². The first kappa shape index (κ1) is 24.4. The summed E-state index contributed by atoms with van der Waals surface area (Å²) in [7, 11) is 0. The summed E-state index contributed by atoms with van der Waals surface area (Å²) in [6, 6.07) is 11.3. The molecule has 0 bridgehead atoms. The van der Waals surface area contributed by atoms with Crippen LogP contribution in [0.3, 0.4) is 0 Å². The Morgan fingerprint density at radius 1 is 1.06 bits per heavy atom. The Hall–Kier alpha value is -3.68. The highest BCUT2D eigenvalue weighted by atomic mass is 16.5. The number of hydrogen-bond acceptors (Lipinski definition) is 5. The van der Waals surface area contributed by atoms with Crippen LogP contribution in [-0.4, -0.2) is 39.5 Å². The molecule has 8 nitrogen and oxygen atoms in total. The SMILES string of the molecule is CC[C@H](C)n1cc(C(=O)NCc2cc(-c3ccccc3)on2)c(=O)c(C(=O)N2CCCCCC2)c1. The molecule has 1 atom stereocenters. The van der Waals surface area contributed by atoms with Crippen LogP contribution < -0.4 is 10.7 Å². The number of benzene rings is 1. The molecule has 3 aromatic rings. The van der Waals surface area contributed by atoms with E-state index in [0.29, 0.717) is 24.5 Å². The molecule has 0 radical (unpaired) electrons. The third-order valence-electron chi connectivity index (χ3n) is 6.56. The van der Waals surface area contributed by atoms with E-state index >= 15 is 0 Å². The molecule has 2 amide bonds. The zero-order valence-corrected chi connectivity index (χ0v) is 20.3. The highest BCUT2D eigenvalue weighted by Gasteiger charge is 2.25. The normalized spacial score (nSPS) is 14.9. The second-order valence-corrected chi connectivity index (χ2v) is 9.06. The highest BCUT2D eigenvalue weighted by Crippen LogP contribution is 2.20. The van der Waals surface area contributed by atoms with Crippen LogP contribution in [0, 0.1) is 0 Å². The van der Waals surface area contributed by atoms with Crippen molar-refractivity contribution in [3.05, 3.63) is 75.8 Å². The summed E-state index contributed by atoms with van der Waals surface area (Å²) >= 11 is 0. The van der Waals surface area contributed by atoms with Crippen molar-refractivity contribution in [1.82, 2.24) is 19.9 Å². The number of carbonyl (C=O) groups excluding carboxylic acids is 2. The second kappa shape index (κ2) is 11.2. The Bertz CT molecular complexity index is 1220. The predicted octanol–water partition coefficient (Wildman–Crippen LogP) is 4.42. The molecule has 0 aliphatic carbocycles. The number of pyridine rings is 1. The molecule has 2 aromatic heterocycles. The zero-order chi connectivity index (χ0) is 24.8. The van der Waals surface area contributed by atoms with Gasteiger partial charge in [0.05, 0.1) is 6.54 Å². The highest BCUT2D eigenvalue weighted by molar-refractivity contribution is 5.99. The van der Waals surface area contributed by atoms with Gasteiger partial charge in [-0.1, -0.05) is 55.3 Å². The number of nitrogens with zero attached hydrogens (tertiary/aromatic N) is 3. The molecule has 4 rings (SSSR count). The molecule has 1 fully saturated rings. The maximum absolute atomic E-state index is 13.3. The van der Waals surface area contributed by atoms with Crippen molar-refractivity contribution >= 4 is 11.8 Å². The number of hydrogen-bond donors (Lipinski definition) is 1. The standard InChI is InChI=1S/C27H32N4O4/c1-3-19(2)31-17-22(25(32)23(18-31)27(34)30-13-9-4-5-10-14-30)26(33)28-16-21-15-24(35-29-21)20-11-7-6-8-12-20/h6-8,11-12,15,17-19H,3-5,9-10,13-14,16H2,1-2H3,(H,28,33)/t19-/m0/s1. The van der Waals surface area contributed by atoms with Crippen LogP contribution in [0.15, 0.2) is 58.1 Å². The predicted molar refractivity (Wildman–Crippen MR) is 133 cm³/mol. The summed E-state index contributed by atoms with van der Waals surface area (Å²) in [5, 5.41) is 6.78. The summed E-state index contributed by atoms with van der Waals surface area (Å²) in [5.41, 5.74) is 0.886. The van der Waals surface area contributed by atoms with Gasteiger partial charge < -0.3 is 19.3 Å². The van der Waals surface area contributed by atoms with E-state index in [2.05, 4.69) is 10.5 Å². The minimum absolute atomic E-state index is 0.0294. The Labute approximate surface area is 204 Å². The lowest BCUT2D eigenvalue weighted by Gasteiger charge is -2.22. The summed E-state index contributed by atoms with van der Waals surface area (Å²) < 4.78 is 7.18. The van der Waals surface area contributed by atoms with Crippen LogP contribution >= 0.6 is 0 Å². The second-order valence-electron chi connectivity index (χ2n) is 9.06. The van der Waals surface area contributed by atoms with Crippen molar-refractivity contribution in [3.8, 4) is 11.3 Å². The lowest BCUT2D eigenvalue weighted by Crippen LogP contribution is -2.38. The fourth-order valence-corrected chi connectivity index (χ4v) is 4.22. The molecule has 184 valence electrons. The average Bonchev–Trinajstić information content (AvgIpc) is 3.20. The van der Waals surface area contributed by atoms with Gasteiger partial charge in [-0.05, 0) is 26.2 Å². The molecule has 1 aliphatic rings. The summed E-state index contributed by atoms with van der Waals surface area (Å²) in [5.74, 6) is -0.242. The molecule has 1 N–H and O–H groups in total. The van der Waals surface area contributed by atoms with Crippen LogP contribution in [0.2, 0.25) is 0 Å². The molecule has 3 heterocycles. The number of amides is 2. The Morgan fingerprint density at radius 3 is 2.43 bits per heavy atom. The van der Waals surface area contributed by atoms with Gasteiger partial charge >= 0.3 is 0 Å². The number of rotatable bonds is 7. The first-order valence-corrected chi connectivity index (χ1v) is 12.3. The van der Waals surface area contributed by atoms with Crippen LogP contribution in [0.25, 0.3) is 11.3 Å². The van der Waals surface area contributed by atoms with Gasteiger partial charge in [0.15, 0.2) is 5.76 Å². The quantitative estimate of drug-likeness (QED) is 0.544. The monoisotopic (exact) mass is 476 g/mol. The van der Waals surface area contributed by atoms with E-state index in [4.69, 9.17) is 4.52 Å². The van der Waals surface area contributed by atoms with Crippen molar-refractivity contribution in [2.75, 3.05) is 13.1 Å². The summed E-state index contributed by atoms with van der Waals surface area (Å²) in [6.07, 6.45) is 7.95. The van der Waals surface area contributed by atoms with E-state index in [1.807, 2.05) is 44.2 Å². The van der Waals surface area contributed by atoms with E-state index in [-0.39, 0.29) is 29.6 Å². The molecule has 0 spiro atoms. The molecular weight excluding hydrogens is 444 g/mol. The van der Waals surface area contributed by atoms with Gasteiger partial charge in [-0.15, -0.1) is 0 Å². The smallest absolute Gasteiger partial charge is 0.259 e. The maximum atomic E-state index is 13.3. The van der Waals surface area contributed by atoms with E-state index in [1.54, 1.807) is 27.9 Å². The number of carbonyl (C=O) groups is 2. The summed E-state index contributed by atoms with van der Waals surface area (Å²) in [4.78, 5) is 41.4. The molecule has 1 aliphatic heterocycles. The zero-order valence-electron chi connectivity index (χ0n) is 20.3. The largest absolute Gasteiger partial charge is 0.356 e. The van der Waals surface area contributed by atoms with Gasteiger partial charge in [-0.25, -0.2) is 0 Å². The fraction of sp³-hybridized carbons (Fsp3) is 0.407. The molecular formula is C27H32N4O4. The summed E-state index contributed by atoms with van der Waals surface area (Å²) in [6.45, 7) is 5.38. The van der Waals surface area contributed by atoms with Crippen LogP contribution in [-0.2, 0) is 6.54 Å². The average molecular weight is 477 g/mol. The van der Waals surface area contributed by atoms with Crippen LogP contribution in [0.4, 0.5) is 0 Å². The van der Waals surface area contributed by atoms with Gasteiger partial charge in [-0.3, -0.25) is 14.4 Å². The number of likely N-dealkylation sites (tertiary alicyclic amines) is 1. The molecule has 8 heteroatoms. The van der Waals surface area contributed by atoms with Gasteiger partial charge in [0.2, 0.25) is 5.43 Å². The van der Waals surface area contributed by atoms with Gasteiger partial charge in [0, 0.05) is 43.2 Å².